The normalized spacial score (nSPS) is 10.3. The zero-order chi connectivity index (χ0) is 15.8. The second-order valence-corrected chi connectivity index (χ2v) is 5.23. The Morgan fingerprint density at radius 2 is 1.91 bits per heavy atom. The lowest BCUT2D eigenvalue weighted by atomic mass is 10.1. The maximum atomic E-state index is 10.9. The lowest BCUT2D eigenvalue weighted by molar-refractivity contribution is 0.112. The highest BCUT2D eigenvalue weighted by Gasteiger charge is 2.12. The van der Waals surface area contributed by atoms with E-state index in [-0.39, 0.29) is 0 Å². The van der Waals surface area contributed by atoms with E-state index in [1.807, 2.05) is 25.1 Å². The molecule has 0 amide bonds. The van der Waals surface area contributed by atoms with Crippen LogP contribution in [0.15, 0.2) is 42.5 Å². The average molecular weight is 319 g/mol. The van der Waals surface area contributed by atoms with Gasteiger partial charge >= 0.3 is 0 Å². The quantitative estimate of drug-likeness (QED) is 0.528. The first-order valence-corrected chi connectivity index (χ1v) is 7.70. The van der Waals surface area contributed by atoms with Gasteiger partial charge in [-0.2, -0.15) is 0 Å². The molecule has 116 valence electrons. The van der Waals surface area contributed by atoms with Gasteiger partial charge in [0.25, 0.3) is 0 Å². The summed E-state index contributed by atoms with van der Waals surface area (Å²) >= 11 is 6.18. The van der Waals surface area contributed by atoms with Gasteiger partial charge in [-0.15, -0.1) is 0 Å². The third-order valence-corrected chi connectivity index (χ3v) is 3.45. The second kappa shape index (κ2) is 8.44. The molecule has 0 aliphatic heterocycles. The van der Waals surface area contributed by atoms with Gasteiger partial charge in [0.15, 0.2) is 11.5 Å². The number of hydrogen-bond donors (Lipinski definition) is 0. The van der Waals surface area contributed by atoms with E-state index in [0.29, 0.717) is 35.3 Å². The molecule has 0 spiro atoms. The summed E-state index contributed by atoms with van der Waals surface area (Å²) in [5.74, 6) is 1.01. The van der Waals surface area contributed by atoms with Gasteiger partial charge in [0.2, 0.25) is 0 Å². The topological polar surface area (TPSA) is 35.5 Å². The van der Waals surface area contributed by atoms with Crippen LogP contribution in [0.4, 0.5) is 0 Å². The first-order chi connectivity index (χ1) is 10.7. The minimum atomic E-state index is 0.396. The molecule has 2 aromatic rings. The molecule has 0 atom stereocenters. The Hall–Kier alpha value is -2.00. The van der Waals surface area contributed by atoms with E-state index in [4.69, 9.17) is 21.1 Å². The maximum absolute atomic E-state index is 10.9. The smallest absolute Gasteiger partial charge is 0.179 e. The number of ether oxygens (including phenoxy) is 2. The summed E-state index contributed by atoms with van der Waals surface area (Å²) in [5, 5.41) is 0.396. The predicted octanol–water partition coefficient (Wildman–Crippen LogP) is 4.56. The Bertz CT molecular complexity index is 611. The highest BCUT2D eigenvalue weighted by atomic mass is 35.5. The molecule has 0 fully saturated rings. The van der Waals surface area contributed by atoms with Gasteiger partial charge in [0, 0.05) is 5.56 Å². The van der Waals surface area contributed by atoms with E-state index < -0.39 is 0 Å². The largest absolute Gasteiger partial charge is 0.490 e. The van der Waals surface area contributed by atoms with Crippen molar-refractivity contribution in [2.75, 3.05) is 13.2 Å². The average Bonchev–Trinajstić information content (AvgIpc) is 2.54. The van der Waals surface area contributed by atoms with Gasteiger partial charge in [0.05, 0.1) is 18.2 Å². The van der Waals surface area contributed by atoms with Crippen LogP contribution in [0.5, 0.6) is 11.5 Å². The lowest BCUT2D eigenvalue weighted by Gasteiger charge is -2.14. The number of aldehydes is 1. The van der Waals surface area contributed by atoms with Crippen LogP contribution in [-0.2, 0) is 6.42 Å². The molecule has 0 aromatic heterocycles. The molecule has 3 nitrogen and oxygen atoms in total. The second-order valence-electron chi connectivity index (χ2n) is 4.82. The number of carbonyl (C=O) groups excluding carboxylic acids is 1. The van der Waals surface area contributed by atoms with Crippen LogP contribution in [0.1, 0.15) is 29.3 Å². The molecule has 0 N–H and O–H groups in total. The molecule has 0 aliphatic rings. The summed E-state index contributed by atoms with van der Waals surface area (Å²) in [7, 11) is 0. The monoisotopic (exact) mass is 318 g/mol. The van der Waals surface area contributed by atoms with Crippen LogP contribution >= 0.6 is 11.6 Å². The Labute approximate surface area is 135 Å². The third-order valence-electron chi connectivity index (χ3n) is 3.17. The Kier molecular flexibility index (Phi) is 6.28. The lowest BCUT2D eigenvalue weighted by Crippen LogP contribution is -2.03. The summed E-state index contributed by atoms with van der Waals surface area (Å²) in [5.41, 5.74) is 1.75. The molecule has 0 radical (unpaired) electrons. The van der Waals surface area contributed by atoms with Crippen molar-refractivity contribution >= 4 is 17.9 Å². The van der Waals surface area contributed by atoms with E-state index in [1.165, 1.54) is 5.56 Å². The minimum absolute atomic E-state index is 0.396. The van der Waals surface area contributed by atoms with Gasteiger partial charge in [-0.25, -0.2) is 0 Å². The summed E-state index contributed by atoms with van der Waals surface area (Å²) in [6.07, 6.45) is 2.56. The summed E-state index contributed by atoms with van der Waals surface area (Å²) in [6, 6.07) is 13.5. The number of hydrogen-bond acceptors (Lipinski definition) is 3. The molecule has 0 bridgehead atoms. The van der Waals surface area contributed by atoms with E-state index in [2.05, 4.69) is 12.1 Å². The number of benzene rings is 2. The molecule has 22 heavy (non-hydrogen) atoms. The van der Waals surface area contributed by atoms with Crippen molar-refractivity contribution in [1.29, 1.82) is 0 Å². The Balaban J connectivity index is 1.98. The molecule has 0 aliphatic carbocycles. The van der Waals surface area contributed by atoms with Crippen molar-refractivity contribution in [3.8, 4) is 11.5 Å². The molecule has 2 aromatic carbocycles. The minimum Gasteiger partial charge on any atom is -0.490 e. The predicted molar refractivity (Wildman–Crippen MR) is 88.3 cm³/mol. The SMILES string of the molecule is CCOc1cc(C=O)cc(Cl)c1OCCCc1ccccc1. The first-order valence-electron chi connectivity index (χ1n) is 7.33. The maximum Gasteiger partial charge on any atom is 0.179 e. The van der Waals surface area contributed by atoms with Gasteiger partial charge in [-0.05, 0) is 37.5 Å². The summed E-state index contributed by atoms with van der Waals surface area (Å²) in [4.78, 5) is 10.9. The number of rotatable bonds is 8. The van der Waals surface area contributed by atoms with Crippen molar-refractivity contribution in [3.05, 3.63) is 58.6 Å². The fourth-order valence-corrected chi connectivity index (χ4v) is 2.43. The molecule has 4 heteroatoms. The van der Waals surface area contributed by atoms with E-state index in [0.717, 1.165) is 19.1 Å². The molecule has 0 heterocycles. The molecule has 0 saturated heterocycles. The molecule has 2 rings (SSSR count). The first kappa shape index (κ1) is 16.4. The highest BCUT2D eigenvalue weighted by molar-refractivity contribution is 6.32. The van der Waals surface area contributed by atoms with Gasteiger partial charge < -0.3 is 9.47 Å². The standard InChI is InChI=1S/C18H19ClO3/c1-2-21-17-12-15(13-20)11-16(19)18(17)22-10-6-9-14-7-4-3-5-8-14/h3-5,7-8,11-13H,2,6,9-10H2,1H3. The fraction of sp³-hybridized carbons (Fsp3) is 0.278. The summed E-state index contributed by atoms with van der Waals surface area (Å²) in [6.45, 7) is 2.90. The van der Waals surface area contributed by atoms with Crippen LogP contribution in [0, 0.1) is 0 Å². The molecular formula is C18H19ClO3. The van der Waals surface area contributed by atoms with Crippen LogP contribution in [0.25, 0.3) is 0 Å². The zero-order valence-corrected chi connectivity index (χ0v) is 13.3. The van der Waals surface area contributed by atoms with E-state index >= 15 is 0 Å². The number of carbonyl (C=O) groups is 1. The Morgan fingerprint density at radius 3 is 2.59 bits per heavy atom. The van der Waals surface area contributed by atoms with Gasteiger partial charge in [0.1, 0.15) is 6.29 Å². The van der Waals surface area contributed by atoms with Crippen molar-refractivity contribution in [1.82, 2.24) is 0 Å². The van der Waals surface area contributed by atoms with Crippen molar-refractivity contribution in [2.24, 2.45) is 0 Å². The van der Waals surface area contributed by atoms with Crippen LogP contribution in [0.2, 0.25) is 5.02 Å². The van der Waals surface area contributed by atoms with E-state index in [1.54, 1.807) is 12.1 Å². The summed E-state index contributed by atoms with van der Waals surface area (Å²) < 4.78 is 11.3. The third kappa shape index (κ3) is 4.50. The fourth-order valence-electron chi connectivity index (χ4n) is 2.15. The zero-order valence-electron chi connectivity index (χ0n) is 12.5. The molecule has 0 saturated carbocycles. The highest BCUT2D eigenvalue weighted by Crippen LogP contribution is 2.36. The molecular weight excluding hydrogens is 300 g/mol. The Morgan fingerprint density at radius 1 is 1.14 bits per heavy atom. The van der Waals surface area contributed by atoms with Gasteiger partial charge in [-0.3, -0.25) is 4.79 Å². The van der Waals surface area contributed by atoms with Crippen molar-refractivity contribution in [3.63, 3.8) is 0 Å². The number of halogens is 1. The van der Waals surface area contributed by atoms with E-state index in [9.17, 15) is 4.79 Å². The molecule has 0 unspecified atom stereocenters. The number of aryl methyl sites for hydroxylation is 1. The van der Waals surface area contributed by atoms with Crippen LogP contribution in [-0.4, -0.2) is 19.5 Å². The van der Waals surface area contributed by atoms with Crippen LogP contribution < -0.4 is 9.47 Å². The van der Waals surface area contributed by atoms with Gasteiger partial charge in [-0.1, -0.05) is 41.9 Å². The van der Waals surface area contributed by atoms with Crippen molar-refractivity contribution in [2.45, 2.75) is 19.8 Å². The van der Waals surface area contributed by atoms with Crippen molar-refractivity contribution < 1.29 is 14.3 Å². The van der Waals surface area contributed by atoms with Crippen LogP contribution in [0.3, 0.4) is 0 Å².